The number of hydrogen-bond acceptors (Lipinski definition) is 5. The van der Waals surface area contributed by atoms with Gasteiger partial charge in [-0.05, 0) is 43.7 Å². The van der Waals surface area contributed by atoms with Crippen LogP contribution in [0.25, 0.3) is 22.5 Å². The fraction of sp³-hybridized carbons (Fsp3) is 0.333. The Kier molecular flexibility index (Phi) is 5.45. The van der Waals surface area contributed by atoms with Gasteiger partial charge >= 0.3 is 6.18 Å². The van der Waals surface area contributed by atoms with Crippen LogP contribution in [0.4, 0.5) is 23.4 Å². The number of pyridine rings is 2. The number of nitrogens with zero attached hydrogens (tertiary/aromatic N) is 4. The number of rotatable bonds is 4. The van der Waals surface area contributed by atoms with Crippen LogP contribution in [0.3, 0.4) is 0 Å². The van der Waals surface area contributed by atoms with Crippen LogP contribution in [0.1, 0.15) is 26.0 Å². The number of carbonyl (C=O) groups is 1. The van der Waals surface area contributed by atoms with Gasteiger partial charge in [0.25, 0.3) is 0 Å². The maximum absolute atomic E-state index is 13.4. The smallest absolute Gasteiger partial charge is 0.367 e. The van der Waals surface area contributed by atoms with Gasteiger partial charge in [-0.25, -0.2) is 9.37 Å². The highest BCUT2D eigenvalue weighted by molar-refractivity contribution is 5.91. The van der Waals surface area contributed by atoms with E-state index in [4.69, 9.17) is 4.74 Å². The van der Waals surface area contributed by atoms with Gasteiger partial charge in [-0.3, -0.25) is 14.5 Å². The van der Waals surface area contributed by atoms with Gasteiger partial charge in [0.15, 0.2) is 0 Å². The zero-order chi connectivity index (χ0) is 23.1. The van der Waals surface area contributed by atoms with Crippen LogP contribution in [0.15, 0.2) is 36.7 Å². The molecule has 3 aromatic heterocycles. The van der Waals surface area contributed by atoms with Gasteiger partial charge in [0, 0.05) is 11.8 Å². The standard InChI is InChI=1S/C21H19F4N5O2/c1-20(2)11-30-15(10-32-20)18(19(29-30)14-4-3-13(22)9-27-14)12-5-6-26-16(7-12)28-17(31)8-21(23,24)25/h3-7,9H,8,10-11H2,1-2H3,(H,26,28,31). The van der Waals surface area contributed by atoms with Crippen LogP contribution in [-0.2, 0) is 22.7 Å². The average molecular weight is 449 g/mol. The Morgan fingerprint density at radius 2 is 2.03 bits per heavy atom. The number of hydrogen-bond donors (Lipinski definition) is 1. The van der Waals surface area contributed by atoms with E-state index in [9.17, 15) is 22.4 Å². The van der Waals surface area contributed by atoms with Crippen molar-refractivity contribution in [3.8, 4) is 22.5 Å². The lowest BCUT2D eigenvalue weighted by molar-refractivity contribution is -0.150. The molecule has 7 nitrogen and oxygen atoms in total. The molecule has 0 saturated carbocycles. The molecule has 1 amide bonds. The first-order valence-electron chi connectivity index (χ1n) is 9.69. The molecule has 0 spiro atoms. The first-order valence-corrected chi connectivity index (χ1v) is 9.69. The Morgan fingerprint density at radius 1 is 1.25 bits per heavy atom. The molecule has 4 heterocycles. The van der Waals surface area contributed by atoms with Crippen molar-refractivity contribution in [2.45, 2.75) is 45.2 Å². The van der Waals surface area contributed by atoms with Crippen molar-refractivity contribution < 1.29 is 27.1 Å². The lowest BCUT2D eigenvalue weighted by Crippen LogP contribution is -2.36. The SMILES string of the molecule is CC1(C)Cn2nc(-c3ccc(F)cn3)c(-c3ccnc(NC(=O)CC(F)(F)F)c3)c2CO1. The van der Waals surface area contributed by atoms with Crippen LogP contribution < -0.4 is 5.32 Å². The highest BCUT2D eigenvalue weighted by Gasteiger charge is 2.33. The molecule has 0 unspecified atom stereocenters. The lowest BCUT2D eigenvalue weighted by Gasteiger charge is -2.31. The van der Waals surface area contributed by atoms with Crippen LogP contribution in [0, 0.1) is 5.82 Å². The minimum Gasteiger partial charge on any atom is -0.367 e. The molecule has 168 valence electrons. The summed E-state index contributed by atoms with van der Waals surface area (Å²) in [5.74, 6) is -1.75. The minimum absolute atomic E-state index is 0.0354. The molecule has 3 aromatic rings. The number of amides is 1. The van der Waals surface area contributed by atoms with E-state index >= 15 is 0 Å². The molecule has 0 aromatic carbocycles. The first-order chi connectivity index (χ1) is 15.0. The van der Waals surface area contributed by atoms with Crippen LogP contribution >= 0.6 is 0 Å². The van der Waals surface area contributed by atoms with Gasteiger partial charge in [-0.2, -0.15) is 18.3 Å². The van der Waals surface area contributed by atoms with Gasteiger partial charge in [0.05, 0.1) is 36.3 Å². The van der Waals surface area contributed by atoms with E-state index in [0.717, 1.165) is 11.9 Å². The molecule has 32 heavy (non-hydrogen) atoms. The van der Waals surface area contributed by atoms with Crippen molar-refractivity contribution in [3.05, 3.63) is 48.2 Å². The molecule has 0 radical (unpaired) electrons. The number of carbonyl (C=O) groups excluding carboxylic acids is 1. The second-order valence-electron chi connectivity index (χ2n) is 8.01. The van der Waals surface area contributed by atoms with Crippen LogP contribution in [-0.4, -0.2) is 37.4 Å². The molecule has 11 heteroatoms. The highest BCUT2D eigenvalue weighted by atomic mass is 19.4. The Morgan fingerprint density at radius 3 is 2.72 bits per heavy atom. The summed E-state index contributed by atoms with van der Waals surface area (Å²) in [6.07, 6.45) is -3.79. The maximum atomic E-state index is 13.4. The second-order valence-corrected chi connectivity index (χ2v) is 8.01. The second kappa shape index (κ2) is 7.97. The largest absolute Gasteiger partial charge is 0.397 e. The molecular weight excluding hydrogens is 430 g/mol. The Labute approximate surface area is 180 Å². The van der Waals surface area contributed by atoms with E-state index in [1.54, 1.807) is 10.7 Å². The zero-order valence-corrected chi connectivity index (χ0v) is 17.2. The van der Waals surface area contributed by atoms with E-state index < -0.39 is 29.9 Å². The van der Waals surface area contributed by atoms with Gasteiger partial charge < -0.3 is 10.1 Å². The topological polar surface area (TPSA) is 81.9 Å². The Bertz CT molecular complexity index is 1160. The number of nitrogens with one attached hydrogen (secondary N) is 1. The fourth-order valence-electron chi connectivity index (χ4n) is 3.47. The number of alkyl halides is 3. The molecule has 0 aliphatic carbocycles. The molecule has 1 aliphatic rings. The van der Waals surface area contributed by atoms with E-state index in [1.165, 1.54) is 24.4 Å². The molecular formula is C21H19F4N5O2. The number of halogens is 4. The summed E-state index contributed by atoms with van der Waals surface area (Å²) in [6, 6.07) is 5.86. The van der Waals surface area contributed by atoms with Gasteiger partial charge in [0.2, 0.25) is 5.91 Å². The normalized spacial score (nSPS) is 15.3. The number of anilines is 1. The van der Waals surface area contributed by atoms with Gasteiger partial charge in [0.1, 0.15) is 23.7 Å². The lowest BCUT2D eigenvalue weighted by atomic mass is 10.0. The Hall–Kier alpha value is -3.34. The molecule has 0 fully saturated rings. The predicted octanol–water partition coefficient (Wildman–Crippen LogP) is 4.35. The third kappa shape index (κ3) is 4.77. The Balaban J connectivity index is 1.77. The van der Waals surface area contributed by atoms with Crippen molar-refractivity contribution in [3.63, 3.8) is 0 Å². The van der Waals surface area contributed by atoms with Gasteiger partial charge in [-0.15, -0.1) is 0 Å². The number of aromatic nitrogens is 4. The molecule has 0 atom stereocenters. The third-order valence-corrected chi connectivity index (χ3v) is 4.83. The predicted molar refractivity (Wildman–Crippen MR) is 107 cm³/mol. The molecule has 0 saturated heterocycles. The fourth-order valence-corrected chi connectivity index (χ4v) is 3.47. The summed E-state index contributed by atoms with van der Waals surface area (Å²) >= 11 is 0. The summed E-state index contributed by atoms with van der Waals surface area (Å²) < 4.78 is 58.6. The van der Waals surface area contributed by atoms with Crippen molar-refractivity contribution in [2.24, 2.45) is 0 Å². The van der Waals surface area contributed by atoms with E-state index in [0.29, 0.717) is 29.1 Å². The molecule has 1 aliphatic heterocycles. The van der Waals surface area contributed by atoms with E-state index in [1.807, 2.05) is 13.8 Å². The van der Waals surface area contributed by atoms with Crippen molar-refractivity contribution in [2.75, 3.05) is 5.32 Å². The van der Waals surface area contributed by atoms with Crippen molar-refractivity contribution in [1.29, 1.82) is 0 Å². The summed E-state index contributed by atoms with van der Waals surface area (Å²) in [5.41, 5.74) is 2.31. The summed E-state index contributed by atoms with van der Waals surface area (Å²) in [5, 5.41) is 6.82. The maximum Gasteiger partial charge on any atom is 0.397 e. The van der Waals surface area contributed by atoms with Crippen molar-refractivity contribution >= 4 is 11.7 Å². The summed E-state index contributed by atoms with van der Waals surface area (Å²) in [4.78, 5) is 19.8. The number of ether oxygens (including phenoxy) is 1. The zero-order valence-electron chi connectivity index (χ0n) is 17.2. The molecule has 4 rings (SSSR count). The van der Waals surface area contributed by atoms with Gasteiger partial charge in [-0.1, -0.05) is 0 Å². The van der Waals surface area contributed by atoms with E-state index in [2.05, 4.69) is 20.4 Å². The molecule has 0 bridgehead atoms. The first kappa shape index (κ1) is 21.9. The average Bonchev–Trinajstić information content (AvgIpc) is 3.04. The van der Waals surface area contributed by atoms with Crippen molar-refractivity contribution in [1.82, 2.24) is 19.7 Å². The monoisotopic (exact) mass is 449 g/mol. The third-order valence-electron chi connectivity index (χ3n) is 4.83. The van der Waals surface area contributed by atoms with E-state index in [-0.39, 0.29) is 12.4 Å². The molecule has 1 N–H and O–H groups in total. The number of fused-ring (bicyclic) bond motifs is 1. The summed E-state index contributed by atoms with van der Waals surface area (Å²) in [6.45, 7) is 4.53. The van der Waals surface area contributed by atoms with Crippen LogP contribution in [0.5, 0.6) is 0 Å². The summed E-state index contributed by atoms with van der Waals surface area (Å²) in [7, 11) is 0. The quantitative estimate of drug-likeness (QED) is 0.599. The minimum atomic E-state index is -4.63. The highest BCUT2D eigenvalue weighted by Crippen LogP contribution is 2.38. The van der Waals surface area contributed by atoms with Crippen LogP contribution in [0.2, 0.25) is 0 Å².